The summed E-state index contributed by atoms with van der Waals surface area (Å²) in [5.41, 5.74) is 4.18. The second-order valence-electron chi connectivity index (χ2n) is 3.39. The second-order valence-corrected chi connectivity index (χ2v) is 5.92. The van der Waals surface area contributed by atoms with Gasteiger partial charge in [-0.05, 0) is 19.1 Å². The van der Waals surface area contributed by atoms with Crippen molar-refractivity contribution in [2.45, 2.75) is 6.92 Å². The standard InChI is InChI=1S/C11H8Cl3N3S/c1-6(9-2-3-10(14)18-9)16-17-11-7(12)4-15-5-8(11)13/h2-5H,1H3,(H,15,17)/b16-6-. The lowest BCUT2D eigenvalue weighted by atomic mass is 10.3. The molecule has 2 heterocycles. The molecule has 0 amide bonds. The van der Waals surface area contributed by atoms with Crippen LogP contribution in [0.5, 0.6) is 0 Å². The summed E-state index contributed by atoms with van der Waals surface area (Å²) in [7, 11) is 0. The number of rotatable bonds is 3. The van der Waals surface area contributed by atoms with Crippen molar-refractivity contribution < 1.29 is 0 Å². The summed E-state index contributed by atoms with van der Waals surface area (Å²) in [5, 5.41) is 5.06. The summed E-state index contributed by atoms with van der Waals surface area (Å²) < 4.78 is 0.722. The van der Waals surface area contributed by atoms with Gasteiger partial charge >= 0.3 is 0 Å². The number of anilines is 1. The zero-order valence-corrected chi connectivity index (χ0v) is 12.3. The minimum absolute atomic E-state index is 0.420. The third-order valence-electron chi connectivity index (χ3n) is 2.12. The molecule has 2 aromatic heterocycles. The number of thiophene rings is 1. The number of pyridine rings is 1. The van der Waals surface area contributed by atoms with Crippen LogP contribution >= 0.6 is 46.1 Å². The number of hydrogen-bond donors (Lipinski definition) is 1. The molecular formula is C11H8Cl3N3S. The lowest BCUT2D eigenvalue weighted by Crippen LogP contribution is -1.98. The Morgan fingerprint density at radius 1 is 1.22 bits per heavy atom. The van der Waals surface area contributed by atoms with Crippen LogP contribution in [0.1, 0.15) is 11.8 Å². The Morgan fingerprint density at radius 3 is 2.44 bits per heavy atom. The zero-order valence-electron chi connectivity index (χ0n) is 9.25. The lowest BCUT2D eigenvalue weighted by molar-refractivity contribution is 1.27. The van der Waals surface area contributed by atoms with Gasteiger partial charge in [0.05, 0.1) is 30.7 Å². The van der Waals surface area contributed by atoms with E-state index in [0.29, 0.717) is 15.7 Å². The van der Waals surface area contributed by atoms with Gasteiger partial charge in [0.2, 0.25) is 0 Å². The van der Waals surface area contributed by atoms with Gasteiger partial charge in [-0.2, -0.15) is 5.10 Å². The number of hydrogen-bond acceptors (Lipinski definition) is 4. The van der Waals surface area contributed by atoms with Crippen molar-refractivity contribution in [3.63, 3.8) is 0 Å². The Kier molecular flexibility index (Phi) is 4.45. The van der Waals surface area contributed by atoms with Crippen LogP contribution in [0.4, 0.5) is 5.69 Å². The first-order valence-corrected chi connectivity index (χ1v) is 6.88. The van der Waals surface area contributed by atoms with Crippen molar-refractivity contribution in [2.75, 3.05) is 5.43 Å². The fourth-order valence-electron chi connectivity index (χ4n) is 1.22. The molecule has 0 saturated heterocycles. The highest BCUT2D eigenvalue weighted by Crippen LogP contribution is 2.29. The monoisotopic (exact) mass is 319 g/mol. The predicted molar refractivity (Wildman–Crippen MR) is 79.4 cm³/mol. The van der Waals surface area contributed by atoms with Crippen LogP contribution in [0, 0.1) is 0 Å². The molecule has 94 valence electrons. The van der Waals surface area contributed by atoms with Crippen LogP contribution in [-0.4, -0.2) is 10.7 Å². The van der Waals surface area contributed by atoms with E-state index < -0.39 is 0 Å². The minimum Gasteiger partial charge on any atom is -0.275 e. The molecule has 3 nitrogen and oxygen atoms in total. The average molecular weight is 321 g/mol. The minimum atomic E-state index is 0.420. The van der Waals surface area contributed by atoms with Crippen LogP contribution in [0.15, 0.2) is 29.6 Å². The van der Waals surface area contributed by atoms with Gasteiger partial charge in [-0.1, -0.05) is 34.8 Å². The maximum absolute atomic E-state index is 5.97. The first-order chi connectivity index (χ1) is 8.58. The van der Waals surface area contributed by atoms with E-state index in [1.54, 1.807) is 0 Å². The average Bonchev–Trinajstić information content (AvgIpc) is 2.75. The van der Waals surface area contributed by atoms with E-state index in [2.05, 4.69) is 15.5 Å². The van der Waals surface area contributed by atoms with E-state index in [9.17, 15) is 0 Å². The van der Waals surface area contributed by atoms with Gasteiger partial charge in [0.15, 0.2) is 0 Å². The molecule has 0 fully saturated rings. The normalized spacial score (nSPS) is 11.7. The van der Waals surface area contributed by atoms with Crippen LogP contribution in [0.3, 0.4) is 0 Å². The van der Waals surface area contributed by atoms with Gasteiger partial charge in [-0.15, -0.1) is 11.3 Å². The molecule has 0 spiro atoms. The van der Waals surface area contributed by atoms with E-state index in [-0.39, 0.29) is 0 Å². The quantitative estimate of drug-likeness (QED) is 0.642. The molecular weight excluding hydrogens is 313 g/mol. The highest BCUT2D eigenvalue weighted by Gasteiger charge is 2.06. The van der Waals surface area contributed by atoms with Crippen molar-refractivity contribution in [1.29, 1.82) is 0 Å². The highest BCUT2D eigenvalue weighted by molar-refractivity contribution is 7.18. The van der Waals surface area contributed by atoms with Crippen molar-refractivity contribution in [1.82, 2.24) is 4.98 Å². The number of halogens is 3. The predicted octanol–water partition coefficient (Wildman–Crippen LogP) is 4.94. The zero-order chi connectivity index (χ0) is 13.1. The molecule has 0 unspecified atom stereocenters. The van der Waals surface area contributed by atoms with Crippen LogP contribution in [0.25, 0.3) is 0 Å². The number of nitrogens with one attached hydrogen (secondary N) is 1. The molecule has 0 aliphatic carbocycles. The summed E-state index contributed by atoms with van der Waals surface area (Å²) in [4.78, 5) is 4.85. The summed E-state index contributed by atoms with van der Waals surface area (Å²) >= 11 is 19.3. The summed E-state index contributed by atoms with van der Waals surface area (Å²) in [6.07, 6.45) is 3.01. The van der Waals surface area contributed by atoms with E-state index in [0.717, 1.165) is 14.9 Å². The number of hydrazone groups is 1. The van der Waals surface area contributed by atoms with Gasteiger partial charge in [-0.25, -0.2) is 0 Å². The van der Waals surface area contributed by atoms with Gasteiger partial charge in [-0.3, -0.25) is 10.4 Å². The van der Waals surface area contributed by atoms with Crippen molar-refractivity contribution in [3.8, 4) is 0 Å². The fraction of sp³-hybridized carbons (Fsp3) is 0.0909. The van der Waals surface area contributed by atoms with Crippen LogP contribution in [-0.2, 0) is 0 Å². The Hall–Kier alpha value is -0.810. The fourth-order valence-corrected chi connectivity index (χ4v) is 2.66. The second kappa shape index (κ2) is 5.89. The van der Waals surface area contributed by atoms with Crippen LogP contribution in [0.2, 0.25) is 14.4 Å². The summed E-state index contributed by atoms with van der Waals surface area (Å²) in [6.45, 7) is 1.87. The van der Waals surface area contributed by atoms with E-state index >= 15 is 0 Å². The molecule has 18 heavy (non-hydrogen) atoms. The molecule has 0 aromatic carbocycles. The van der Waals surface area contributed by atoms with E-state index in [4.69, 9.17) is 34.8 Å². The lowest BCUT2D eigenvalue weighted by Gasteiger charge is -2.05. The number of aromatic nitrogens is 1. The third kappa shape index (κ3) is 3.14. The maximum atomic E-state index is 5.97. The first-order valence-electron chi connectivity index (χ1n) is 4.93. The topological polar surface area (TPSA) is 37.3 Å². The van der Waals surface area contributed by atoms with Gasteiger partial charge in [0.1, 0.15) is 0 Å². The third-order valence-corrected chi connectivity index (χ3v) is 4.03. The van der Waals surface area contributed by atoms with E-state index in [1.165, 1.54) is 23.7 Å². The maximum Gasteiger partial charge on any atom is 0.0965 e. The molecule has 0 atom stereocenters. The first kappa shape index (κ1) is 13.6. The molecule has 2 rings (SSSR count). The Balaban J connectivity index is 2.20. The molecule has 1 N–H and O–H groups in total. The van der Waals surface area contributed by atoms with Gasteiger partial charge < -0.3 is 0 Å². The van der Waals surface area contributed by atoms with Crippen molar-refractivity contribution in [2.24, 2.45) is 5.10 Å². The SMILES string of the molecule is C/C(=N/Nc1c(Cl)cncc1Cl)c1ccc(Cl)s1. The molecule has 0 saturated carbocycles. The largest absolute Gasteiger partial charge is 0.275 e. The molecule has 2 aromatic rings. The van der Waals surface area contributed by atoms with Crippen LogP contribution < -0.4 is 5.43 Å². The van der Waals surface area contributed by atoms with Crippen molar-refractivity contribution >= 4 is 57.5 Å². The Morgan fingerprint density at radius 2 is 1.89 bits per heavy atom. The summed E-state index contributed by atoms with van der Waals surface area (Å²) in [6, 6.07) is 3.73. The van der Waals surface area contributed by atoms with Gasteiger partial charge in [0.25, 0.3) is 0 Å². The highest BCUT2D eigenvalue weighted by atomic mass is 35.5. The molecule has 0 aliphatic rings. The van der Waals surface area contributed by atoms with Crippen molar-refractivity contribution in [3.05, 3.63) is 43.8 Å². The Bertz CT molecular complexity index is 575. The summed E-state index contributed by atoms with van der Waals surface area (Å²) in [5.74, 6) is 0. The van der Waals surface area contributed by atoms with Gasteiger partial charge in [0, 0.05) is 12.4 Å². The molecule has 0 bridgehead atoms. The number of nitrogens with zero attached hydrogens (tertiary/aromatic N) is 2. The molecule has 0 aliphatic heterocycles. The smallest absolute Gasteiger partial charge is 0.0965 e. The Labute approximate surface area is 123 Å². The molecule has 7 heteroatoms. The molecule has 0 radical (unpaired) electrons. The van der Waals surface area contributed by atoms with E-state index in [1.807, 2.05) is 19.1 Å².